The quantitative estimate of drug-likeness (QED) is 0.835. The monoisotopic (exact) mass is 233 g/mol. The van der Waals surface area contributed by atoms with Crippen molar-refractivity contribution < 1.29 is 4.79 Å². The first-order valence-corrected chi connectivity index (χ1v) is 6.14. The van der Waals surface area contributed by atoms with Crippen molar-refractivity contribution in [3.63, 3.8) is 0 Å². The van der Waals surface area contributed by atoms with Crippen molar-refractivity contribution in [3.05, 3.63) is 24.0 Å². The number of nitrogens with two attached hydrogens (primary N) is 1. The van der Waals surface area contributed by atoms with Crippen LogP contribution in [0.5, 0.6) is 0 Å². The molecule has 4 heteroatoms. The number of nitrogens with one attached hydrogen (secondary N) is 1. The van der Waals surface area contributed by atoms with Crippen LogP contribution in [0.1, 0.15) is 24.8 Å². The third kappa shape index (κ3) is 2.64. The number of nitrogens with zero attached hydrogens (tertiary/aromatic N) is 1. The van der Waals surface area contributed by atoms with Crippen molar-refractivity contribution in [1.82, 2.24) is 4.98 Å². The van der Waals surface area contributed by atoms with Crippen LogP contribution in [0.4, 0.5) is 5.69 Å². The topological polar surface area (TPSA) is 68.0 Å². The zero-order valence-corrected chi connectivity index (χ0v) is 10.1. The smallest absolute Gasteiger partial charge is 0.227 e. The normalized spacial score (nSPS) is 23.6. The molecule has 0 radical (unpaired) electrons. The van der Waals surface area contributed by atoms with Crippen molar-refractivity contribution >= 4 is 11.6 Å². The van der Waals surface area contributed by atoms with E-state index in [1.807, 2.05) is 13.0 Å². The Kier molecular flexibility index (Phi) is 3.74. The number of hydrogen-bond acceptors (Lipinski definition) is 3. The van der Waals surface area contributed by atoms with Crippen LogP contribution in [0.2, 0.25) is 0 Å². The Hall–Kier alpha value is -1.42. The third-order valence-corrected chi connectivity index (χ3v) is 3.60. The molecule has 3 N–H and O–H groups in total. The average Bonchev–Trinajstić information content (AvgIpc) is 2.80. The fourth-order valence-electron chi connectivity index (χ4n) is 2.48. The highest BCUT2D eigenvalue weighted by Crippen LogP contribution is 2.32. The molecule has 2 rings (SSSR count). The zero-order chi connectivity index (χ0) is 12.3. The number of rotatable bonds is 3. The number of carbonyl (C=O) groups is 1. The van der Waals surface area contributed by atoms with Crippen molar-refractivity contribution in [2.75, 3.05) is 11.9 Å². The first-order chi connectivity index (χ1) is 8.22. The molecule has 0 aliphatic heterocycles. The van der Waals surface area contributed by atoms with E-state index < -0.39 is 0 Å². The minimum Gasteiger partial charge on any atom is -0.330 e. The highest BCUT2D eigenvalue weighted by Gasteiger charge is 2.31. The molecule has 1 fully saturated rings. The highest BCUT2D eigenvalue weighted by molar-refractivity contribution is 5.93. The molecule has 1 aromatic rings. The Labute approximate surface area is 102 Å². The van der Waals surface area contributed by atoms with Gasteiger partial charge in [-0.05, 0) is 43.9 Å². The van der Waals surface area contributed by atoms with Crippen LogP contribution < -0.4 is 11.1 Å². The van der Waals surface area contributed by atoms with E-state index in [-0.39, 0.29) is 11.8 Å². The number of pyridine rings is 1. The van der Waals surface area contributed by atoms with E-state index in [1.54, 1.807) is 12.4 Å². The fraction of sp³-hybridized carbons (Fsp3) is 0.538. The summed E-state index contributed by atoms with van der Waals surface area (Å²) in [4.78, 5) is 16.2. The first kappa shape index (κ1) is 12.0. The van der Waals surface area contributed by atoms with Crippen LogP contribution in [0, 0.1) is 18.8 Å². The van der Waals surface area contributed by atoms with Gasteiger partial charge in [-0.3, -0.25) is 9.78 Å². The molecule has 2 atom stereocenters. The lowest BCUT2D eigenvalue weighted by atomic mass is 9.95. The van der Waals surface area contributed by atoms with Gasteiger partial charge in [-0.1, -0.05) is 6.42 Å². The zero-order valence-electron chi connectivity index (χ0n) is 10.1. The molecule has 1 amide bonds. The molecule has 0 aromatic carbocycles. The molecule has 17 heavy (non-hydrogen) atoms. The van der Waals surface area contributed by atoms with Gasteiger partial charge in [0.2, 0.25) is 5.91 Å². The summed E-state index contributed by atoms with van der Waals surface area (Å²) in [6.45, 7) is 2.57. The second kappa shape index (κ2) is 5.27. The Bertz CT molecular complexity index is 405. The van der Waals surface area contributed by atoms with Gasteiger partial charge in [-0.25, -0.2) is 0 Å². The number of hydrogen-bond donors (Lipinski definition) is 2. The molecule has 4 nitrogen and oxygen atoms in total. The molecule has 1 aliphatic carbocycles. The Morgan fingerprint density at radius 3 is 3.12 bits per heavy atom. The van der Waals surface area contributed by atoms with Gasteiger partial charge in [-0.2, -0.15) is 0 Å². The van der Waals surface area contributed by atoms with E-state index in [4.69, 9.17) is 5.73 Å². The van der Waals surface area contributed by atoms with Crippen molar-refractivity contribution in [3.8, 4) is 0 Å². The Balaban J connectivity index is 2.04. The third-order valence-electron chi connectivity index (χ3n) is 3.60. The Morgan fingerprint density at radius 2 is 2.41 bits per heavy atom. The molecular weight excluding hydrogens is 214 g/mol. The summed E-state index contributed by atoms with van der Waals surface area (Å²) in [5.74, 6) is 0.501. The number of amides is 1. The van der Waals surface area contributed by atoms with Crippen LogP contribution >= 0.6 is 0 Å². The summed E-state index contributed by atoms with van der Waals surface area (Å²) in [7, 11) is 0. The second-order valence-corrected chi connectivity index (χ2v) is 4.71. The van der Waals surface area contributed by atoms with Gasteiger partial charge in [0.05, 0.1) is 11.9 Å². The molecule has 92 valence electrons. The summed E-state index contributed by atoms with van der Waals surface area (Å²) in [5, 5.41) is 2.96. The summed E-state index contributed by atoms with van der Waals surface area (Å²) >= 11 is 0. The lowest BCUT2D eigenvalue weighted by Gasteiger charge is -2.17. The van der Waals surface area contributed by atoms with E-state index in [0.717, 1.165) is 30.5 Å². The molecule has 0 bridgehead atoms. The summed E-state index contributed by atoms with van der Waals surface area (Å²) < 4.78 is 0. The SMILES string of the molecule is Cc1ccncc1NC(=O)[C@@H]1CCC[C@@H]1CN. The number of aromatic nitrogens is 1. The maximum Gasteiger partial charge on any atom is 0.227 e. The maximum atomic E-state index is 12.1. The lowest BCUT2D eigenvalue weighted by Crippen LogP contribution is -2.30. The fourth-order valence-corrected chi connectivity index (χ4v) is 2.48. The van der Waals surface area contributed by atoms with Crippen LogP contribution in [0.3, 0.4) is 0 Å². The summed E-state index contributed by atoms with van der Waals surface area (Å²) in [5.41, 5.74) is 7.54. The van der Waals surface area contributed by atoms with E-state index in [9.17, 15) is 4.79 Å². The van der Waals surface area contributed by atoms with E-state index in [0.29, 0.717) is 12.5 Å². The minimum atomic E-state index is 0.0691. The van der Waals surface area contributed by atoms with E-state index >= 15 is 0 Å². The van der Waals surface area contributed by atoms with Gasteiger partial charge >= 0.3 is 0 Å². The first-order valence-electron chi connectivity index (χ1n) is 6.14. The van der Waals surface area contributed by atoms with Crippen LogP contribution in [-0.4, -0.2) is 17.4 Å². The van der Waals surface area contributed by atoms with E-state index in [2.05, 4.69) is 10.3 Å². The predicted octanol–water partition coefficient (Wildman–Crippen LogP) is 1.70. The lowest BCUT2D eigenvalue weighted by molar-refractivity contribution is -0.120. The van der Waals surface area contributed by atoms with Crippen LogP contribution in [0.15, 0.2) is 18.5 Å². The average molecular weight is 233 g/mol. The van der Waals surface area contributed by atoms with Crippen molar-refractivity contribution in [2.45, 2.75) is 26.2 Å². The van der Waals surface area contributed by atoms with Gasteiger partial charge in [-0.15, -0.1) is 0 Å². The molecule has 1 saturated carbocycles. The van der Waals surface area contributed by atoms with Gasteiger partial charge in [0, 0.05) is 12.1 Å². The second-order valence-electron chi connectivity index (χ2n) is 4.71. The van der Waals surface area contributed by atoms with Gasteiger partial charge in [0.1, 0.15) is 0 Å². The van der Waals surface area contributed by atoms with Gasteiger partial charge in [0.15, 0.2) is 0 Å². The number of aryl methyl sites for hydroxylation is 1. The van der Waals surface area contributed by atoms with Gasteiger partial charge < -0.3 is 11.1 Å². The molecule has 1 aliphatic rings. The summed E-state index contributed by atoms with van der Waals surface area (Å²) in [6, 6.07) is 1.89. The van der Waals surface area contributed by atoms with Crippen LogP contribution in [0.25, 0.3) is 0 Å². The minimum absolute atomic E-state index is 0.0691. The van der Waals surface area contributed by atoms with E-state index in [1.165, 1.54) is 0 Å². The standard InChI is InChI=1S/C13H19N3O/c1-9-5-6-15-8-12(9)16-13(17)11-4-2-3-10(11)7-14/h5-6,8,10-11H,2-4,7,14H2,1H3,(H,16,17)/t10-,11-/m1/s1. The maximum absolute atomic E-state index is 12.1. The Morgan fingerprint density at radius 1 is 1.59 bits per heavy atom. The molecule has 0 spiro atoms. The molecule has 0 unspecified atom stereocenters. The molecule has 1 aromatic heterocycles. The predicted molar refractivity (Wildman–Crippen MR) is 67.5 cm³/mol. The van der Waals surface area contributed by atoms with Crippen LogP contribution in [-0.2, 0) is 4.79 Å². The van der Waals surface area contributed by atoms with Gasteiger partial charge in [0.25, 0.3) is 0 Å². The number of anilines is 1. The highest BCUT2D eigenvalue weighted by atomic mass is 16.1. The molecule has 0 saturated heterocycles. The molecular formula is C13H19N3O. The molecule has 1 heterocycles. The number of carbonyl (C=O) groups excluding carboxylic acids is 1. The summed E-state index contributed by atoms with van der Waals surface area (Å²) in [6.07, 6.45) is 6.54. The van der Waals surface area contributed by atoms with Crippen molar-refractivity contribution in [2.24, 2.45) is 17.6 Å². The largest absolute Gasteiger partial charge is 0.330 e. The van der Waals surface area contributed by atoms with Crippen molar-refractivity contribution in [1.29, 1.82) is 0 Å².